The number of carbonyl (C=O) groups is 1. The smallest absolute Gasteiger partial charge is 0.271 e. The van der Waals surface area contributed by atoms with E-state index < -0.39 is 0 Å². The minimum Gasteiger partial charge on any atom is -0.497 e. The normalized spacial score (nSPS) is 18.0. The van der Waals surface area contributed by atoms with Crippen LogP contribution in [0.2, 0.25) is 0 Å². The van der Waals surface area contributed by atoms with E-state index in [1.54, 1.807) is 7.11 Å². The minimum atomic E-state index is -0.0208. The Morgan fingerprint density at radius 2 is 2.07 bits per heavy atom. The molecule has 2 aliphatic rings. The number of piperidine rings is 1. The highest BCUT2D eigenvalue weighted by molar-refractivity contribution is 7.08. The third kappa shape index (κ3) is 3.69. The molecule has 0 aliphatic carbocycles. The van der Waals surface area contributed by atoms with Crippen molar-refractivity contribution < 1.29 is 9.53 Å². The number of fused-ring (bicyclic) bond motifs is 2. The maximum absolute atomic E-state index is 13.3. The van der Waals surface area contributed by atoms with Crippen LogP contribution in [0.15, 0.2) is 29.8 Å². The van der Waals surface area contributed by atoms with Gasteiger partial charge < -0.3 is 9.64 Å². The number of hydrogen-bond donors (Lipinski definition) is 0. The zero-order valence-electron chi connectivity index (χ0n) is 17.6. The van der Waals surface area contributed by atoms with Crippen LogP contribution < -0.4 is 9.64 Å². The van der Waals surface area contributed by atoms with Gasteiger partial charge in [0, 0.05) is 24.2 Å². The van der Waals surface area contributed by atoms with E-state index in [1.165, 1.54) is 22.7 Å². The van der Waals surface area contributed by atoms with Crippen molar-refractivity contribution in [2.24, 2.45) is 0 Å². The molecule has 0 radical (unpaired) electrons. The second kappa shape index (κ2) is 7.88. The van der Waals surface area contributed by atoms with Crippen LogP contribution in [0.5, 0.6) is 5.75 Å². The van der Waals surface area contributed by atoms with Gasteiger partial charge in [0.05, 0.1) is 12.8 Å². The number of hydrogen-bond acceptors (Lipinski definition) is 6. The number of benzene rings is 1. The van der Waals surface area contributed by atoms with Crippen molar-refractivity contribution in [3.8, 4) is 5.75 Å². The van der Waals surface area contributed by atoms with Crippen molar-refractivity contribution in [3.05, 3.63) is 46.0 Å². The Morgan fingerprint density at radius 3 is 2.69 bits per heavy atom. The quantitative estimate of drug-likeness (QED) is 0.715. The van der Waals surface area contributed by atoms with E-state index in [1.807, 2.05) is 24.0 Å². The molecule has 4 rings (SSSR count). The fourth-order valence-electron chi connectivity index (χ4n) is 4.41. The van der Waals surface area contributed by atoms with Gasteiger partial charge in [-0.3, -0.25) is 9.69 Å². The Hall–Kier alpha value is -2.25. The van der Waals surface area contributed by atoms with Crippen molar-refractivity contribution in [1.29, 1.82) is 0 Å². The molecule has 1 spiro atoms. The maximum atomic E-state index is 13.3. The highest BCUT2D eigenvalue weighted by atomic mass is 32.1. The molecule has 0 N–H and O–H groups in total. The molecule has 6 nitrogen and oxygen atoms in total. The molecule has 1 amide bonds. The first kappa shape index (κ1) is 20.0. The van der Waals surface area contributed by atoms with Crippen molar-refractivity contribution in [2.75, 3.05) is 38.2 Å². The van der Waals surface area contributed by atoms with Crippen LogP contribution in [0.1, 0.15) is 47.6 Å². The highest BCUT2D eigenvalue weighted by Gasteiger charge is 2.47. The van der Waals surface area contributed by atoms with Gasteiger partial charge in [-0.1, -0.05) is 16.1 Å². The number of allylic oxidation sites excluding steroid dienone is 1. The maximum Gasteiger partial charge on any atom is 0.271 e. The second-order valence-electron chi connectivity index (χ2n) is 8.32. The standard InChI is InChI=1S/C22H28N4O2S/c1-15(2)7-10-25-11-8-22(9-12-25)14-26(21(27)20-16(3)23-24-29-20)19-6-5-17(28-4)13-18(19)22/h5-7,13H,8-12,14H2,1-4H3. The number of rotatable bonds is 4. The summed E-state index contributed by atoms with van der Waals surface area (Å²) in [6.07, 6.45) is 4.36. The Balaban J connectivity index is 1.64. The molecule has 154 valence electrons. The summed E-state index contributed by atoms with van der Waals surface area (Å²) in [6.45, 7) is 9.90. The van der Waals surface area contributed by atoms with Gasteiger partial charge in [0.15, 0.2) is 0 Å². The lowest BCUT2D eigenvalue weighted by atomic mass is 9.74. The van der Waals surface area contributed by atoms with Crippen LogP contribution in [-0.2, 0) is 5.41 Å². The van der Waals surface area contributed by atoms with Crippen LogP contribution in [0.25, 0.3) is 0 Å². The summed E-state index contributed by atoms with van der Waals surface area (Å²) >= 11 is 1.18. The Labute approximate surface area is 176 Å². The molecule has 3 heterocycles. The first-order valence-corrected chi connectivity index (χ1v) is 10.9. The molecule has 0 atom stereocenters. The van der Waals surface area contributed by atoms with Gasteiger partial charge in [-0.25, -0.2) is 0 Å². The molecule has 1 aromatic carbocycles. The molecule has 0 saturated carbocycles. The third-order valence-electron chi connectivity index (χ3n) is 6.19. The fraction of sp³-hybridized carbons (Fsp3) is 0.500. The average molecular weight is 413 g/mol. The fourth-order valence-corrected chi connectivity index (χ4v) is 5.02. The predicted molar refractivity (Wildman–Crippen MR) is 116 cm³/mol. The Morgan fingerprint density at radius 1 is 1.31 bits per heavy atom. The average Bonchev–Trinajstić information content (AvgIpc) is 3.28. The number of aromatic nitrogens is 2. The number of ether oxygens (including phenoxy) is 1. The molecule has 1 saturated heterocycles. The number of nitrogens with zero attached hydrogens (tertiary/aromatic N) is 4. The number of anilines is 1. The number of aryl methyl sites for hydroxylation is 1. The molecule has 0 bridgehead atoms. The van der Waals surface area contributed by atoms with Crippen LogP contribution in [-0.4, -0.2) is 53.7 Å². The Kier molecular flexibility index (Phi) is 5.44. The second-order valence-corrected chi connectivity index (χ2v) is 9.08. The van der Waals surface area contributed by atoms with Crippen molar-refractivity contribution in [3.63, 3.8) is 0 Å². The zero-order valence-corrected chi connectivity index (χ0v) is 18.4. The van der Waals surface area contributed by atoms with Crippen LogP contribution in [0, 0.1) is 6.92 Å². The summed E-state index contributed by atoms with van der Waals surface area (Å²) in [7, 11) is 1.70. The first-order valence-electron chi connectivity index (χ1n) is 10.1. The van der Waals surface area contributed by atoms with Gasteiger partial charge in [-0.2, -0.15) is 0 Å². The lowest BCUT2D eigenvalue weighted by molar-refractivity contribution is 0.0981. The number of amides is 1. The van der Waals surface area contributed by atoms with E-state index in [0.717, 1.165) is 43.9 Å². The van der Waals surface area contributed by atoms with E-state index in [0.29, 0.717) is 17.1 Å². The van der Waals surface area contributed by atoms with E-state index in [2.05, 4.69) is 40.5 Å². The molecule has 1 aromatic heterocycles. The van der Waals surface area contributed by atoms with Crippen molar-refractivity contribution in [2.45, 2.75) is 39.0 Å². The SMILES string of the molecule is COc1ccc2c(c1)C1(CCN(CC=C(C)C)CC1)CN2C(=O)c1snnc1C. The summed E-state index contributed by atoms with van der Waals surface area (Å²) < 4.78 is 9.47. The van der Waals surface area contributed by atoms with E-state index in [4.69, 9.17) is 4.74 Å². The molecule has 29 heavy (non-hydrogen) atoms. The highest BCUT2D eigenvalue weighted by Crippen LogP contribution is 2.48. The van der Waals surface area contributed by atoms with Crippen molar-refractivity contribution >= 4 is 23.1 Å². The monoisotopic (exact) mass is 412 g/mol. The molecular weight excluding hydrogens is 384 g/mol. The van der Waals surface area contributed by atoms with Gasteiger partial charge >= 0.3 is 0 Å². The van der Waals surface area contributed by atoms with Gasteiger partial charge in [-0.05, 0) is 82.0 Å². The topological polar surface area (TPSA) is 58.6 Å². The molecule has 2 aromatic rings. The molecule has 2 aliphatic heterocycles. The van der Waals surface area contributed by atoms with E-state index in [-0.39, 0.29) is 11.3 Å². The lowest BCUT2D eigenvalue weighted by Gasteiger charge is -2.39. The predicted octanol–water partition coefficient (Wildman–Crippen LogP) is 3.82. The largest absolute Gasteiger partial charge is 0.497 e. The summed E-state index contributed by atoms with van der Waals surface area (Å²) in [6, 6.07) is 6.10. The van der Waals surface area contributed by atoms with Crippen LogP contribution in [0.4, 0.5) is 5.69 Å². The van der Waals surface area contributed by atoms with Crippen LogP contribution in [0.3, 0.4) is 0 Å². The summed E-state index contributed by atoms with van der Waals surface area (Å²) in [5.74, 6) is 0.854. The third-order valence-corrected chi connectivity index (χ3v) is 7.00. The summed E-state index contributed by atoms with van der Waals surface area (Å²) in [5, 5.41) is 4.03. The lowest BCUT2D eigenvalue weighted by Crippen LogP contribution is -2.46. The molecule has 1 fully saturated rings. The molecular formula is C22H28N4O2S. The Bertz CT molecular complexity index is 940. The molecule has 0 unspecified atom stereocenters. The van der Waals surface area contributed by atoms with Crippen molar-refractivity contribution in [1.82, 2.24) is 14.5 Å². The zero-order chi connectivity index (χ0) is 20.6. The van der Waals surface area contributed by atoms with E-state index in [9.17, 15) is 4.79 Å². The summed E-state index contributed by atoms with van der Waals surface area (Å²) in [4.78, 5) is 18.4. The van der Waals surface area contributed by atoms with Gasteiger partial charge in [-0.15, -0.1) is 5.10 Å². The van der Waals surface area contributed by atoms with Gasteiger partial charge in [0.25, 0.3) is 5.91 Å². The van der Waals surface area contributed by atoms with E-state index >= 15 is 0 Å². The summed E-state index contributed by atoms with van der Waals surface area (Å²) in [5.41, 5.74) is 4.27. The van der Waals surface area contributed by atoms with Crippen LogP contribution >= 0.6 is 11.5 Å². The number of likely N-dealkylation sites (tertiary alicyclic amines) is 1. The van der Waals surface area contributed by atoms with Gasteiger partial charge in [0.2, 0.25) is 0 Å². The molecule has 7 heteroatoms. The van der Waals surface area contributed by atoms with Gasteiger partial charge in [0.1, 0.15) is 10.6 Å². The minimum absolute atomic E-state index is 0.00719. The number of methoxy groups -OCH3 is 1. The first-order chi connectivity index (χ1) is 13.9. The number of carbonyl (C=O) groups excluding carboxylic acids is 1.